The number of carbonyl (C=O) groups excluding carboxylic acids is 1. The molecular formula is C20H21N5O3. The van der Waals surface area contributed by atoms with Crippen molar-refractivity contribution in [3.8, 4) is 22.9 Å². The normalized spacial score (nSPS) is 16.6. The summed E-state index contributed by atoms with van der Waals surface area (Å²) in [6.45, 7) is 1.20. The molecule has 0 aliphatic carbocycles. The number of carbonyl (C=O) groups is 1. The van der Waals surface area contributed by atoms with Crippen LogP contribution in [0.4, 0.5) is 0 Å². The Kier molecular flexibility index (Phi) is 5.18. The summed E-state index contributed by atoms with van der Waals surface area (Å²) in [5.74, 6) is 1.18. The lowest BCUT2D eigenvalue weighted by Gasteiger charge is -2.32. The van der Waals surface area contributed by atoms with Gasteiger partial charge in [-0.3, -0.25) is 9.89 Å². The van der Waals surface area contributed by atoms with Crippen molar-refractivity contribution >= 4 is 5.91 Å². The maximum atomic E-state index is 12.9. The van der Waals surface area contributed by atoms with E-state index >= 15 is 0 Å². The Morgan fingerprint density at radius 1 is 1.29 bits per heavy atom. The van der Waals surface area contributed by atoms with E-state index in [1.54, 1.807) is 30.3 Å². The molecule has 0 radical (unpaired) electrons. The van der Waals surface area contributed by atoms with Crippen molar-refractivity contribution in [3.05, 3.63) is 54.6 Å². The van der Waals surface area contributed by atoms with E-state index in [0.29, 0.717) is 30.4 Å². The van der Waals surface area contributed by atoms with Gasteiger partial charge in [-0.25, -0.2) is 9.97 Å². The highest BCUT2D eigenvalue weighted by Crippen LogP contribution is 2.24. The molecule has 3 heterocycles. The number of benzene rings is 1. The number of H-pyrrole nitrogens is 1. The van der Waals surface area contributed by atoms with Crippen LogP contribution in [0.5, 0.6) is 11.6 Å². The number of methoxy groups -OCH3 is 1. The average Bonchev–Trinajstić information content (AvgIpc) is 3.24. The van der Waals surface area contributed by atoms with Gasteiger partial charge in [0.05, 0.1) is 19.3 Å². The number of hydrogen-bond acceptors (Lipinski definition) is 6. The smallest absolute Gasteiger partial charge is 0.272 e. The van der Waals surface area contributed by atoms with Crippen molar-refractivity contribution in [2.24, 2.45) is 0 Å². The minimum atomic E-state index is -0.0895. The van der Waals surface area contributed by atoms with Gasteiger partial charge in [0.15, 0.2) is 0 Å². The molecule has 0 spiro atoms. The van der Waals surface area contributed by atoms with E-state index in [9.17, 15) is 4.79 Å². The molecule has 8 heteroatoms. The second-order valence-electron chi connectivity index (χ2n) is 6.58. The highest BCUT2D eigenvalue weighted by Gasteiger charge is 2.27. The number of aromatic amines is 1. The first-order chi connectivity index (χ1) is 13.7. The van der Waals surface area contributed by atoms with E-state index in [0.717, 1.165) is 24.2 Å². The molecule has 1 amide bonds. The molecule has 144 valence electrons. The van der Waals surface area contributed by atoms with Crippen molar-refractivity contribution in [1.82, 2.24) is 25.1 Å². The third-order valence-electron chi connectivity index (χ3n) is 4.68. The molecule has 1 fully saturated rings. The second kappa shape index (κ2) is 8.08. The van der Waals surface area contributed by atoms with E-state index in [4.69, 9.17) is 9.47 Å². The summed E-state index contributed by atoms with van der Waals surface area (Å²) in [5, 5.41) is 7.15. The van der Waals surface area contributed by atoms with Gasteiger partial charge < -0.3 is 14.4 Å². The topological polar surface area (TPSA) is 93.2 Å². The predicted molar refractivity (Wildman–Crippen MR) is 102 cm³/mol. The molecule has 0 saturated carbocycles. The van der Waals surface area contributed by atoms with Gasteiger partial charge in [-0.05, 0) is 31.0 Å². The molecule has 2 aromatic heterocycles. The van der Waals surface area contributed by atoms with E-state index in [-0.39, 0.29) is 12.0 Å². The lowest BCUT2D eigenvalue weighted by Crippen LogP contribution is -2.44. The number of amides is 1. The standard InChI is InChI=1S/C20H21N5O3/c1-27-15-5-2-4-14(10-15)17-11-18(24-23-17)20(26)25-9-3-6-16(12-25)28-19-7-8-21-13-22-19/h2,4-5,7-8,10-11,13,16H,3,6,9,12H2,1H3,(H,23,24). The number of rotatable bonds is 5. The molecule has 28 heavy (non-hydrogen) atoms. The molecule has 1 N–H and O–H groups in total. The first kappa shape index (κ1) is 18.0. The zero-order valence-electron chi connectivity index (χ0n) is 15.5. The minimum Gasteiger partial charge on any atom is -0.497 e. The Morgan fingerprint density at radius 2 is 2.21 bits per heavy atom. The van der Waals surface area contributed by atoms with Gasteiger partial charge >= 0.3 is 0 Å². The predicted octanol–water partition coefficient (Wildman–Crippen LogP) is 2.56. The molecule has 8 nitrogen and oxygen atoms in total. The molecular weight excluding hydrogens is 358 g/mol. The van der Waals surface area contributed by atoms with Crippen molar-refractivity contribution in [1.29, 1.82) is 0 Å². The van der Waals surface area contributed by atoms with Crippen LogP contribution in [0.15, 0.2) is 48.9 Å². The Labute approximate surface area is 162 Å². The van der Waals surface area contributed by atoms with Crippen molar-refractivity contribution in [3.63, 3.8) is 0 Å². The molecule has 1 aliphatic rings. The SMILES string of the molecule is COc1cccc(-c2cc(C(=O)N3CCCC(Oc4ccncn4)C3)[nH]n2)c1. The van der Waals surface area contributed by atoms with Crippen LogP contribution < -0.4 is 9.47 Å². The van der Waals surface area contributed by atoms with Crippen molar-refractivity contribution < 1.29 is 14.3 Å². The van der Waals surface area contributed by atoms with Crippen LogP contribution in [0.2, 0.25) is 0 Å². The van der Waals surface area contributed by atoms with Gasteiger partial charge in [0.1, 0.15) is 23.9 Å². The van der Waals surface area contributed by atoms with Gasteiger partial charge in [-0.15, -0.1) is 0 Å². The second-order valence-corrected chi connectivity index (χ2v) is 6.58. The van der Waals surface area contributed by atoms with Crippen molar-refractivity contribution in [2.45, 2.75) is 18.9 Å². The Hall–Kier alpha value is -3.42. The molecule has 1 atom stereocenters. The number of ether oxygens (including phenoxy) is 2. The van der Waals surface area contributed by atoms with E-state index < -0.39 is 0 Å². The summed E-state index contributed by atoms with van der Waals surface area (Å²) >= 11 is 0. The molecule has 1 unspecified atom stereocenters. The van der Waals surface area contributed by atoms with Gasteiger partial charge in [-0.2, -0.15) is 5.10 Å². The third kappa shape index (κ3) is 3.95. The molecule has 1 saturated heterocycles. The van der Waals surface area contributed by atoms with Gasteiger partial charge in [0, 0.05) is 24.4 Å². The monoisotopic (exact) mass is 379 g/mol. The molecule has 3 aromatic rings. The van der Waals surface area contributed by atoms with E-state index in [1.165, 1.54) is 6.33 Å². The number of piperidine rings is 1. The van der Waals surface area contributed by atoms with Crippen LogP contribution in [0.3, 0.4) is 0 Å². The van der Waals surface area contributed by atoms with E-state index in [2.05, 4.69) is 20.2 Å². The van der Waals surface area contributed by atoms with Gasteiger partial charge in [-0.1, -0.05) is 12.1 Å². The number of nitrogens with zero attached hydrogens (tertiary/aromatic N) is 4. The summed E-state index contributed by atoms with van der Waals surface area (Å²) in [5.41, 5.74) is 2.05. The summed E-state index contributed by atoms with van der Waals surface area (Å²) in [6.07, 6.45) is 4.75. The summed E-state index contributed by atoms with van der Waals surface area (Å²) in [7, 11) is 1.62. The molecule has 1 aliphatic heterocycles. The van der Waals surface area contributed by atoms with Crippen LogP contribution in [0.25, 0.3) is 11.3 Å². The fraction of sp³-hybridized carbons (Fsp3) is 0.300. The number of likely N-dealkylation sites (tertiary alicyclic amines) is 1. The lowest BCUT2D eigenvalue weighted by molar-refractivity contribution is 0.0522. The summed E-state index contributed by atoms with van der Waals surface area (Å²) in [4.78, 5) is 22.7. The highest BCUT2D eigenvalue weighted by atomic mass is 16.5. The van der Waals surface area contributed by atoms with E-state index in [1.807, 2.05) is 24.3 Å². The van der Waals surface area contributed by atoms with Crippen LogP contribution in [0, 0.1) is 0 Å². The first-order valence-corrected chi connectivity index (χ1v) is 9.15. The van der Waals surface area contributed by atoms with Crippen LogP contribution >= 0.6 is 0 Å². The van der Waals surface area contributed by atoms with Gasteiger partial charge in [0.2, 0.25) is 5.88 Å². The maximum absolute atomic E-state index is 12.9. The minimum absolute atomic E-state index is 0.0855. The summed E-state index contributed by atoms with van der Waals surface area (Å²) < 4.78 is 11.1. The Balaban J connectivity index is 1.44. The molecule has 1 aromatic carbocycles. The summed E-state index contributed by atoms with van der Waals surface area (Å²) in [6, 6.07) is 11.1. The number of hydrogen-bond donors (Lipinski definition) is 1. The average molecular weight is 379 g/mol. The lowest BCUT2D eigenvalue weighted by atomic mass is 10.1. The molecule has 0 bridgehead atoms. The third-order valence-corrected chi connectivity index (χ3v) is 4.68. The van der Waals surface area contributed by atoms with Crippen LogP contribution in [0.1, 0.15) is 23.3 Å². The number of nitrogens with one attached hydrogen (secondary N) is 1. The van der Waals surface area contributed by atoms with Crippen molar-refractivity contribution in [2.75, 3.05) is 20.2 Å². The maximum Gasteiger partial charge on any atom is 0.272 e. The first-order valence-electron chi connectivity index (χ1n) is 9.15. The van der Waals surface area contributed by atoms with Gasteiger partial charge in [0.25, 0.3) is 5.91 Å². The highest BCUT2D eigenvalue weighted by molar-refractivity contribution is 5.93. The largest absolute Gasteiger partial charge is 0.497 e. The number of aromatic nitrogens is 4. The Bertz CT molecular complexity index is 944. The van der Waals surface area contributed by atoms with Crippen LogP contribution in [-0.4, -0.2) is 57.3 Å². The Morgan fingerprint density at radius 3 is 3.04 bits per heavy atom. The fourth-order valence-electron chi connectivity index (χ4n) is 3.27. The zero-order chi connectivity index (χ0) is 19.3. The molecule has 4 rings (SSSR count). The zero-order valence-corrected chi connectivity index (χ0v) is 15.5. The quantitative estimate of drug-likeness (QED) is 0.732. The van der Waals surface area contributed by atoms with Crippen LogP contribution in [-0.2, 0) is 0 Å². The fourth-order valence-corrected chi connectivity index (χ4v) is 3.27.